The molecule has 1 aromatic carbocycles. The Morgan fingerprint density at radius 3 is 2.74 bits per heavy atom. The molecule has 3 aromatic rings. The second-order valence-electron chi connectivity index (χ2n) is 7.92. The minimum Gasteiger partial charge on any atom is -0.343 e. The van der Waals surface area contributed by atoms with E-state index in [4.69, 9.17) is 0 Å². The SMILES string of the molecule is Cn1cc(C(=O)C2CCN(C(=O)CCCc3nc4c(F)cccc4c(=O)[nH]3)CC2)cn1. The number of fused-ring (bicyclic) bond motifs is 1. The summed E-state index contributed by atoms with van der Waals surface area (Å²) in [5.41, 5.74) is 0.278. The number of amides is 1. The van der Waals surface area contributed by atoms with Crippen molar-refractivity contribution in [3.63, 3.8) is 0 Å². The largest absolute Gasteiger partial charge is 0.343 e. The zero-order chi connectivity index (χ0) is 22.0. The van der Waals surface area contributed by atoms with Crippen LogP contribution in [-0.2, 0) is 18.3 Å². The van der Waals surface area contributed by atoms with Gasteiger partial charge in [-0.2, -0.15) is 5.10 Å². The van der Waals surface area contributed by atoms with Crippen LogP contribution in [0.5, 0.6) is 0 Å². The second kappa shape index (κ2) is 8.79. The quantitative estimate of drug-likeness (QED) is 0.611. The van der Waals surface area contributed by atoms with Crippen LogP contribution in [0.4, 0.5) is 4.39 Å². The number of halogens is 1. The first-order valence-electron chi connectivity index (χ1n) is 10.4. The molecule has 9 heteroatoms. The molecule has 0 aliphatic carbocycles. The van der Waals surface area contributed by atoms with Crippen molar-refractivity contribution in [3.05, 3.63) is 58.2 Å². The van der Waals surface area contributed by atoms with Crippen LogP contribution in [-0.4, -0.2) is 49.4 Å². The number of carbonyl (C=O) groups excluding carboxylic acids is 2. The molecule has 1 aliphatic rings. The summed E-state index contributed by atoms with van der Waals surface area (Å²) in [6, 6.07) is 4.27. The molecular weight excluding hydrogens is 401 g/mol. The number of nitrogens with zero attached hydrogens (tertiary/aromatic N) is 4. The van der Waals surface area contributed by atoms with Crippen LogP contribution in [0, 0.1) is 11.7 Å². The fourth-order valence-corrected chi connectivity index (χ4v) is 4.03. The van der Waals surface area contributed by atoms with Gasteiger partial charge in [0.2, 0.25) is 5.91 Å². The van der Waals surface area contributed by atoms with Crippen molar-refractivity contribution >= 4 is 22.6 Å². The van der Waals surface area contributed by atoms with Crippen LogP contribution >= 0.6 is 0 Å². The van der Waals surface area contributed by atoms with E-state index in [-0.39, 0.29) is 34.1 Å². The van der Waals surface area contributed by atoms with Gasteiger partial charge in [0.25, 0.3) is 5.56 Å². The average Bonchev–Trinajstić information content (AvgIpc) is 3.20. The van der Waals surface area contributed by atoms with Crippen molar-refractivity contribution in [2.24, 2.45) is 13.0 Å². The lowest BCUT2D eigenvalue weighted by Gasteiger charge is -2.31. The molecule has 3 heterocycles. The zero-order valence-corrected chi connectivity index (χ0v) is 17.3. The third kappa shape index (κ3) is 4.55. The molecule has 0 bridgehead atoms. The number of aryl methyl sites for hydroxylation is 2. The van der Waals surface area contributed by atoms with Gasteiger partial charge in [-0.15, -0.1) is 0 Å². The van der Waals surface area contributed by atoms with Gasteiger partial charge < -0.3 is 9.88 Å². The van der Waals surface area contributed by atoms with E-state index in [0.717, 1.165) is 0 Å². The fourth-order valence-electron chi connectivity index (χ4n) is 4.03. The number of para-hydroxylation sites is 1. The van der Waals surface area contributed by atoms with Crippen LogP contribution in [0.2, 0.25) is 0 Å². The molecule has 2 aromatic heterocycles. The van der Waals surface area contributed by atoms with E-state index in [9.17, 15) is 18.8 Å². The second-order valence-corrected chi connectivity index (χ2v) is 7.92. The lowest BCUT2D eigenvalue weighted by atomic mass is 9.90. The fraction of sp³-hybridized carbons (Fsp3) is 0.409. The van der Waals surface area contributed by atoms with E-state index in [1.165, 1.54) is 18.2 Å². The summed E-state index contributed by atoms with van der Waals surface area (Å²) < 4.78 is 15.5. The molecule has 1 amide bonds. The number of Topliss-reactive ketones (excluding diaryl/α,β-unsaturated/α-hetero) is 1. The van der Waals surface area contributed by atoms with Crippen molar-refractivity contribution in [2.45, 2.75) is 32.1 Å². The number of H-pyrrole nitrogens is 1. The normalized spacial score (nSPS) is 14.8. The molecule has 0 saturated carbocycles. The molecule has 31 heavy (non-hydrogen) atoms. The van der Waals surface area contributed by atoms with E-state index < -0.39 is 5.82 Å². The summed E-state index contributed by atoms with van der Waals surface area (Å²) >= 11 is 0. The lowest BCUT2D eigenvalue weighted by molar-refractivity contribution is -0.132. The highest BCUT2D eigenvalue weighted by atomic mass is 19.1. The number of benzene rings is 1. The van der Waals surface area contributed by atoms with E-state index in [1.807, 2.05) is 0 Å². The predicted molar refractivity (Wildman–Crippen MR) is 112 cm³/mol. The average molecular weight is 425 g/mol. The van der Waals surface area contributed by atoms with Gasteiger partial charge in [-0.25, -0.2) is 9.37 Å². The number of ketones is 1. The summed E-state index contributed by atoms with van der Waals surface area (Å²) in [6.07, 6.45) is 5.75. The molecule has 0 unspecified atom stereocenters. The highest BCUT2D eigenvalue weighted by Gasteiger charge is 2.28. The van der Waals surface area contributed by atoms with Crippen LogP contribution in [0.3, 0.4) is 0 Å². The van der Waals surface area contributed by atoms with Gasteiger partial charge >= 0.3 is 0 Å². The summed E-state index contributed by atoms with van der Waals surface area (Å²) in [4.78, 5) is 45.9. The van der Waals surface area contributed by atoms with E-state index in [0.29, 0.717) is 56.6 Å². The van der Waals surface area contributed by atoms with Crippen molar-refractivity contribution in [3.8, 4) is 0 Å². The third-order valence-corrected chi connectivity index (χ3v) is 5.75. The molecule has 4 rings (SSSR count). The third-order valence-electron chi connectivity index (χ3n) is 5.75. The highest BCUT2D eigenvalue weighted by molar-refractivity contribution is 5.97. The van der Waals surface area contributed by atoms with Gasteiger partial charge in [0.1, 0.15) is 17.2 Å². The van der Waals surface area contributed by atoms with Gasteiger partial charge in [-0.05, 0) is 31.4 Å². The first-order chi connectivity index (χ1) is 14.9. The highest BCUT2D eigenvalue weighted by Crippen LogP contribution is 2.22. The van der Waals surface area contributed by atoms with Crippen molar-refractivity contribution in [1.29, 1.82) is 0 Å². The number of hydrogen-bond donors (Lipinski definition) is 1. The number of hydrogen-bond acceptors (Lipinski definition) is 5. The maximum atomic E-state index is 13.9. The van der Waals surface area contributed by atoms with Crippen molar-refractivity contribution in [2.75, 3.05) is 13.1 Å². The standard InChI is InChI=1S/C22H24FN5O3/c1-27-13-15(12-24-27)21(30)14-8-10-28(11-9-14)19(29)7-3-6-18-25-20-16(22(31)26-18)4-2-5-17(20)23/h2,4-5,12-14H,3,6-11H2,1H3,(H,25,26,31). The number of aromatic amines is 1. The molecular formula is C22H24FN5O3. The van der Waals surface area contributed by atoms with Crippen LogP contribution < -0.4 is 5.56 Å². The summed E-state index contributed by atoms with van der Waals surface area (Å²) in [7, 11) is 1.78. The Morgan fingerprint density at radius 1 is 1.26 bits per heavy atom. The van der Waals surface area contributed by atoms with Crippen LogP contribution in [0.15, 0.2) is 35.4 Å². The molecule has 1 N–H and O–H groups in total. The van der Waals surface area contributed by atoms with Gasteiger partial charge in [0, 0.05) is 45.1 Å². The Kier molecular flexibility index (Phi) is 5.92. The van der Waals surface area contributed by atoms with E-state index in [1.54, 1.807) is 29.0 Å². The molecule has 1 fully saturated rings. The Balaban J connectivity index is 1.28. The molecule has 0 radical (unpaired) electrons. The van der Waals surface area contributed by atoms with Gasteiger partial charge in [-0.1, -0.05) is 6.07 Å². The van der Waals surface area contributed by atoms with Crippen LogP contribution in [0.1, 0.15) is 41.9 Å². The maximum Gasteiger partial charge on any atom is 0.258 e. The van der Waals surface area contributed by atoms with Crippen molar-refractivity contribution in [1.82, 2.24) is 24.6 Å². The van der Waals surface area contributed by atoms with E-state index >= 15 is 0 Å². The van der Waals surface area contributed by atoms with Crippen LogP contribution in [0.25, 0.3) is 10.9 Å². The number of rotatable bonds is 6. The number of nitrogens with one attached hydrogen (secondary N) is 1. The molecule has 162 valence electrons. The molecule has 1 saturated heterocycles. The Bertz CT molecular complexity index is 1180. The Labute approximate surface area is 178 Å². The zero-order valence-electron chi connectivity index (χ0n) is 17.3. The molecule has 0 spiro atoms. The first kappa shape index (κ1) is 20.9. The summed E-state index contributed by atoms with van der Waals surface area (Å²) in [6.45, 7) is 1.09. The topological polar surface area (TPSA) is 101 Å². The first-order valence-corrected chi connectivity index (χ1v) is 10.4. The summed E-state index contributed by atoms with van der Waals surface area (Å²) in [5, 5.41) is 4.26. The Morgan fingerprint density at radius 2 is 2.03 bits per heavy atom. The summed E-state index contributed by atoms with van der Waals surface area (Å²) in [5.74, 6) is -0.156. The number of carbonyl (C=O) groups is 2. The van der Waals surface area contributed by atoms with E-state index in [2.05, 4.69) is 15.1 Å². The lowest BCUT2D eigenvalue weighted by Crippen LogP contribution is -2.40. The van der Waals surface area contributed by atoms with Gasteiger partial charge in [-0.3, -0.25) is 19.1 Å². The Hall–Kier alpha value is -3.36. The van der Waals surface area contributed by atoms with Gasteiger partial charge in [0.15, 0.2) is 5.78 Å². The van der Waals surface area contributed by atoms with Crippen molar-refractivity contribution < 1.29 is 14.0 Å². The predicted octanol–water partition coefficient (Wildman–Crippen LogP) is 2.24. The monoisotopic (exact) mass is 425 g/mol. The minimum absolute atomic E-state index is 0.0154. The molecule has 0 atom stereocenters. The molecule has 1 aliphatic heterocycles. The number of piperidine rings is 1. The number of aromatic nitrogens is 4. The smallest absolute Gasteiger partial charge is 0.258 e. The minimum atomic E-state index is -0.537. The number of likely N-dealkylation sites (tertiary alicyclic amines) is 1. The maximum absolute atomic E-state index is 13.9. The molecule has 8 nitrogen and oxygen atoms in total. The van der Waals surface area contributed by atoms with Gasteiger partial charge in [0.05, 0.1) is 17.1 Å².